The first-order chi connectivity index (χ1) is 14.7. The van der Waals surface area contributed by atoms with E-state index >= 15 is 0 Å². The van der Waals surface area contributed by atoms with Gasteiger partial charge in [-0.25, -0.2) is 0 Å². The first kappa shape index (κ1) is 20.9. The van der Waals surface area contributed by atoms with E-state index in [2.05, 4.69) is 20.8 Å². The van der Waals surface area contributed by atoms with Gasteiger partial charge in [0, 0.05) is 22.6 Å². The molecule has 0 radical (unpaired) electrons. The van der Waals surface area contributed by atoms with Gasteiger partial charge in [-0.15, -0.1) is 22.0 Å². The summed E-state index contributed by atoms with van der Waals surface area (Å²) >= 11 is 1.06. The number of hydrogen-bond acceptors (Lipinski definition) is 6. The number of anilines is 2. The first-order valence-corrected chi connectivity index (χ1v) is 9.94. The zero-order chi connectivity index (χ0) is 22.2. The molecule has 0 saturated carbocycles. The van der Waals surface area contributed by atoms with Gasteiger partial charge >= 0.3 is 6.18 Å². The monoisotopic (exact) mass is 448 g/mol. The van der Waals surface area contributed by atoms with Gasteiger partial charge in [0.1, 0.15) is 0 Å². The number of amides is 2. The van der Waals surface area contributed by atoms with Gasteiger partial charge in [-0.3, -0.25) is 9.59 Å². The highest BCUT2D eigenvalue weighted by atomic mass is 32.2. The van der Waals surface area contributed by atoms with Gasteiger partial charge in [-0.2, -0.15) is 13.2 Å². The zero-order valence-corrected chi connectivity index (χ0v) is 16.8. The van der Waals surface area contributed by atoms with Crippen molar-refractivity contribution in [3.8, 4) is 11.5 Å². The second-order valence-corrected chi connectivity index (χ2v) is 8.07. The Morgan fingerprint density at radius 1 is 1.26 bits per heavy atom. The first-order valence-electron chi connectivity index (χ1n) is 9.06. The van der Waals surface area contributed by atoms with Crippen LogP contribution in [0.15, 0.2) is 52.1 Å². The molecule has 31 heavy (non-hydrogen) atoms. The fraction of sp³-hybridized carbons (Fsp3) is 0.200. The number of aromatic nitrogens is 2. The maximum absolute atomic E-state index is 12.9. The highest BCUT2D eigenvalue weighted by Crippen LogP contribution is 2.40. The number of nitrogens with zero attached hydrogens (tertiary/aromatic N) is 2. The molecule has 0 bridgehead atoms. The average Bonchev–Trinajstić information content (AvgIpc) is 3.24. The second-order valence-electron chi connectivity index (χ2n) is 6.83. The van der Waals surface area contributed by atoms with Crippen LogP contribution in [0.25, 0.3) is 11.5 Å². The molecule has 7 nitrogen and oxygen atoms in total. The molecule has 2 amide bonds. The van der Waals surface area contributed by atoms with E-state index in [0.717, 1.165) is 29.5 Å². The van der Waals surface area contributed by atoms with Gasteiger partial charge in [0.25, 0.3) is 0 Å². The predicted molar refractivity (Wildman–Crippen MR) is 107 cm³/mol. The minimum absolute atomic E-state index is 0.0876. The minimum Gasteiger partial charge on any atom is -0.423 e. The van der Waals surface area contributed by atoms with E-state index in [4.69, 9.17) is 4.42 Å². The van der Waals surface area contributed by atoms with Crippen LogP contribution in [0.5, 0.6) is 0 Å². The van der Waals surface area contributed by atoms with E-state index in [1.807, 2.05) is 6.92 Å². The Labute approximate surface area is 178 Å². The van der Waals surface area contributed by atoms with Crippen molar-refractivity contribution in [2.75, 3.05) is 10.6 Å². The lowest BCUT2D eigenvalue weighted by molar-refractivity contribution is -0.137. The molecule has 0 saturated heterocycles. The fourth-order valence-electron chi connectivity index (χ4n) is 3.02. The number of halogens is 3. The normalized spacial score (nSPS) is 15.9. The maximum Gasteiger partial charge on any atom is 0.416 e. The summed E-state index contributed by atoms with van der Waals surface area (Å²) in [4.78, 5) is 25.4. The minimum atomic E-state index is -4.51. The van der Waals surface area contributed by atoms with Crippen molar-refractivity contribution in [1.82, 2.24) is 10.2 Å². The molecule has 11 heteroatoms. The fourth-order valence-corrected chi connectivity index (χ4v) is 4.11. The van der Waals surface area contributed by atoms with Crippen LogP contribution in [0.4, 0.5) is 24.5 Å². The summed E-state index contributed by atoms with van der Waals surface area (Å²) in [5.74, 6) is -0.635. The lowest BCUT2D eigenvalue weighted by Gasteiger charge is -2.24. The summed E-state index contributed by atoms with van der Waals surface area (Å²) in [5.41, 5.74) is 1.18. The van der Waals surface area contributed by atoms with Gasteiger partial charge in [-0.1, -0.05) is 6.07 Å². The summed E-state index contributed by atoms with van der Waals surface area (Å²) in [6.07, 6.45) is -3.46. The summed E-state index contributed by atoms with van der Waals surface area (Å²) < 4.78 is 43.8. The Balaban J connectivity index is 1.46. The standard InChI is InChI=1S/C20H15F3N4O3S/c1-10-2-3-11(19-27-24-9-30-19)6-13(10)25-17(28)8-16-18(29)26-14-7-12(20(21,22)23)4-5-15(14)31-16/h2-7,9,16H,8H2,1H3,(H,25,28)(H,26,29)/t16-/m1/s1. The Hall–Kier alpha value is -3.34. The molecular formula is C20H15F3N4O3S. The summed E-state index contributed by atoms with van der Waals surface area (Å²) in [7, 11) is 0. The SMILES string of the molecule is Cc1ccc(-c2nnco2)cc1NC(=O)C[C@H]1Sc2ccc(C(F)(F)F)cc2NC1=O. The molecule has 1 aromatic heterocycles. The lowest BCUT2D eigenvalue weighted by Crippen LogP contribution is -2.32. The van der Waals surface area contributed by atoms with E-state index in [9.17, 15) is 22.8 Å². The summed E-state index contributed by atoms with van der Waals surface area (Å²) in [5, 5.41) is 11.9. The third-order valence-electron chi connectivity index (χ3n) is 4.62. The van der Waals surface area contributed by atoms with Crippen molar-refractivity contribution in [1.29, 1.82) is 0 Å². The molecule has 0 unspecified atom stereocenters. The number of thioether (sulfide) groups is 1. The topological polar surface area (TPSA) is 97.1 Å². The van der Waals surface area contributed by atoms with Crippen LogP contribution < -0.4 is 10.6 Å². The van der Waals surface area contributed by atoms with Crippen molar-refractivity contribution in [3.05, 3.63) is 53.9 Å². The van der Waals surface area contributed by atoms with Crippen LogP contribution >= 0.6 is 11.8 Å². The van der Waals surface area contributed by atoms with Crippen molar-refractivity contribution in [2.24, 2.45) is 0 Å². The number of alkyl halides is 3. The number of carbonyl (C=O) groups is 2. The number of hydrogen-bond donors (Lipinski definition) is 2. The maximum atomic E-state index is 12.9. The van der Waals surface area contributed by atoms with Crippen molar-refractivity contribution < 1.29 is 27.2 Å². The highest BCUT2D eigenvalue weighted by molar-refractivity contribution is 8.01. The Kier molecular flexibility index (Phi) is 5.44. The highest BCUT2D eigenvalue weighted by Gasteiger charge is 2.34. The molecule has 2 N–H and O–H groups in total. The molecule has 0 aliphatic carbocycles. The van der Waals surface area contributed by atoms with Crippen LogP contribution in [-0.4, -0.2) is 27.3 Å². The van der Waals surface area contributed by atoms with E-state index in [1.54, 1.807) is 18.2 Å². The van der Waals surface area contributed by atoms with Crippen molar-refractivity contribution in [3.63, 3.8) is 0 Å². The van der Waals surface area contributed by atoms with Gasteiger partial charge in [-0.05, 0) is 42.8 Å². The molecule has 2 heterocycles. The quantitative estimate of drug-likeness (QED) is 0.610. The average molecular weight is 448 g/mol. The number of aryl methyl sites for hydroxylation is 1. The number of benzene rings is 2. The number of carbonyl (C=O) groups excluding carboxylic acids is 2. The van der Waals surface area contributed by atoms with Crippen LogP contribution in [0.3, 0.4) is 0 Å². The van der Waals surface area contributed by atoms with E-state index in [1.165, 1.54) is 12.5 Å². The van der Waals surface area contributed by atoms with Gasteiger partial charge in [0.05, 0.1) is 16.5 Å². The zero-order valence-electron chi connectivity index (χ0n) is 16.0. The lowest BCUT2D eigenvalue weighted by atomic mass is 10.1. The molecule has 1 aliphatic rings. The largest absolute Gasteiger partial charge is 0.423 e. The van der Waals surface area contributed by atoms with Gasteiger partial charge in [0.15, 0.2) is 0 Å². The Morgan fingerprint density at radius 2 is 2.06 bits per heavy atom. The van der Waals surface area contributed by atoms with Gasteiger partial charge < -0.3 is 15.1 Å². The number of rotatable bonds is 4. The van der Waals surface area contributed by atoms with E-state index < -0.39 is 28.8 Å². The van der Waals surface area contributed by atoms with Crippen LogP contribution in [0.2, 0.25) is 0 Å². The number of fused-ring (bicyclic) bond motifs is 1. The molecular weight excluding hydrogens is 433 g/mol. The molecule has 160 valence electrons. The molecule has 4 rings (SSSR count). The Morgan fingerprint density at radius 3 is 2.77 bits per heavy atom. The van der Waals surface area contributed by atoms with Crippen molar-refractivity contribution in [2.45, 2.75) is 29.7 Å². The van der Waals surface area contributed by atoms with E-state index in [0.29, 0.717) is 22.0 Å². The molecule has 3 aromatic rings. The molecule has 1 atom stereocenters. The smallest absolute Gasteiger partial charge is 0.416 e. The molecule has 0 spiro atoms. The third kappa shape index (κ3) is 4.55. The predicted octanol–water partition coefficient (Wildman–Crippen LogP) is 4.51. The summed E-state index contributed by atoms with van der Waals surface area (Å²) in [6, 6.07) is 8.38. The van der Waals surface area contributed by atoms with E-state index in [-0.39, 0.29) is 12.1 Å². The van der Waals surface area contributed by atoms with Crippen LogP contribution in [-0.2, 0) is 15.8 Å². The van der Waals surface area contributed by atoms with Gasteiger partial charge in [0.2, 0.25) is 24.1 Å². The van der Waals surface area contributed by atoms with Crippen LogP contribution in [0.1, 0.15) is 17.5 Å². The third-order valence-corrected chi connectivity index (χ3v) is 5.89. The van der Waals surface area contributed by atoms with Crippen LogP contribution in [0, 0.1) is 6.92 Å². The van der Waals surface area contributed by atoms with Crippen molar-refractivity contribution >= 4 is 35.0 Å². The molecule has 0 fully saturated rings. The molecule has 1 aliphatic heterocycles. The number of nitrogens with one attached hydrogen (secondary N) is 2. The molecule has 2 aromatic carbocycles. The Bertz CT molecular complexity index is 1150. The second kappa shape index (κ2) is 8.06. The summed E-state index contributed by atoms with van der Waals surface area (Å²) in [6.45, 7) is 1.81.